The molecule has 0 radical (unpaired) electrons. The first-order valence-corrected chi connectivity index (χ1v) is 10.0. The number of ether oxygens (including phenoxy) is 2. The average Bonchev–Trinajstić information content (AvgIpc) is 3.02. The summed E-state index contributed by atoms with van der Waals surface area (Å²) < 4.78 is 44.8. The fourth-order valence-electron chi connectivity index (χ4n) is 3.69. The molecule has 3 rings (SSSR count). The van der Waals surface area contributed by atoms with Crippen molar-refractivity contribution in [1.82, 2.24) is 9.62 Å². The van der Waals surface area contributed by atoms with Gasteiger partial charge < -0.3 is 9.47 Å². The molecule has 2 N–H and O–H groups in total. The Morgan fingerprint density at radius 3 is 2.68 bits per heavy atom. The molecule has 1 saturated heterocycles. The van der Waals surface area contributed by atoms with E-state index in [0.717, 1.165) is 30.8 Å². The standard InChI is InChI=1S/C17H26N2O5S/c1-17(2,14-3-4-15-13(11-14)5-8-24-15)16(12-18-25(20,21)22)19-6-9-23-10-7-19/h3-4,11,16,18H,5-10,12H2,1-2H3,(H,20,21,22). The van der Waals surface area contributed by atoms with E-state index in [1.165, 1.54) is 5.56 Å². The summed E-state index contributed by atoms with van der Waals surface area (Å²) in [6.07, 6.45) is 0.894. The van der Waals surface area contributed by atoms with Crippen LogP contribution < -0.4 is 9.46 Å². The van der Waals surface area contributed by atoms with Crippen molar-refractivity contribution in [3.05, 3.63) is 29.3 Å². The third kappa shape index (κ3) is 4.32. The Balaban J connectivity index is 1.88. The van der Waals surface area contributed by atoms with Crippen LogP contribution in [-0.2, 0) is 26.9 Å². The summed E-state index contributed by atoms with van der Waals surface area (Å²) in [5.41, 5.74) is 1.99. The second-order valence-corrected chi connectivity index (χ2v) is 8.37. The highest BCUT2D eigenvalue weighted by atomic mass is 32.2. The molecule has 140 valence electrons. The van der Waals surface area contributed by atoms with Gasteiger partial charge in [0.15, 0.2) is 0 Å². The second kappa shape index (κ2) is 7.20. The van der Waals surface area contributed by atoms with Gasteiger partial charge in [0.1, 0.15) is 5.75 Å². The highest BCUT2D eigenvalue weighted by Crippen LogP contribution is 2.35. The molecule has 7 nitrogen and oxygen atoms in total. The third-order valence-corrected chi connectivity index (χ3v) is 5.74. The van der Waals surface area contributed by atoms with E-state index in [1.807, 2.05) is 12.1 Å². The van der Waals surface area contributed by atoms with Gasteiger partial charge in [-0.2, -0.15) is 13.1 Å². The van der Waals surface area contributed by atoms with E-state index in [-0.39, 0.29) is 18.0 Å². The molecule has 2 aliphatic rings. The van der Waals surface area contributed by atoms with Gasteiger partial charge in [-0.05, 0) is 17.2 Å². The van der Waals surface area contributed by atoms with Gasteiger partial charge in [0.2, 0.25) is 0 Å². The molecule has 2 aliphatic heterocycles. The predicted octanol–water partition coefficient (Wildman–Crippen LogP) is 0.992. The fourth-order valence-corrected chi connectivity index (χ4v) is 4.06. The van der Waals surface area contributed by atoms with Crippen LogP contribution in [0.15, 0.2) is 18.2 Å². The molecule has 1 aromatic carbocycles. The molecule has 0 aromatic heterocycles. The molecule has 0 amide bonds. The summed E-state index contributed by atoms with van der Waals surface area (Å²) in [5, 5.41) is 0. The van der Waals surface area contributed by atoms with Gasteiger partial charge in [-0.15, -0.1) is 0 Å². The minimum absolute atomic E-state index is 0.112. The van der Waals surface area contributed by atoms with Crippen LogP contribution in [-0.4, -0.2) is 63.4 Å². The number of hydrogen-bond donors (Lipinski definition) is 2. The minimum Gasteiger partial charge on any atom is -0.493 e. The Hall–Kier alpha value is -1.19. The lowest BCUT2D eigenvalue weighted by atomic mass is 9.76. The van der Waals surface area contributed by atoms with Gasteiger partial charge in [-0.1, -0.05) is 26.0 Å². The van der Waals surface area contributed by atoms with Crippen molar-refractivity contribution in [1.29, 1.82) is 0 Å². The van der Waals surface area contributed by atoms with Crippen molar-refractivity contribution in [3.8, 4) is 5.75 Å². The summed E-state index contributed by atoms with van der Waals surface area (Å²) in [6, 6.07) is 6.08. The van der Waals surface area contributed by atoms with Crippen molar-refractivity contribution in [2.45, 2.75) is 31.7 Å². The van der Waals surface area contributed by atoms with Crippen molar-refractivity contribution >= 4 is 10.3 Å². The lowest BCUT2D eigenvalue weighted by molar-refractivity contribution is 0.00182. The number of nitrogens with one attached hydrogen (secondary N) is 1. The van der Waals surface area contributed by atoms with Gasteiger partial charge in [-0.3, -0.25) is 9.45 Å². The van der Waals surface area contributed by atoms with E-state index in [4.69, 9.17) is 14.0 Å². The molecule has 2 heterocycles. The van der Waals surface area contributed by atoms with E-state index < -0.39 is 10.3 Å². The van der Waals surface area contributed by atoms with E-state index >= 15 is 0 Å². The molecule has 0 spiro atoms. The molecule has 1 atom stereocenters. The minimum atomic E-state index is -4.24. The van der Waals surface area contributed by atoms with E-state index in [2.05, 4.69) is 29.5 Å². The maximum Gasteiger partial charge on any atom is 0.333 e. The predicted molar refractivity (Wildman–Crippen MR) is 94.4 cm³/mol. The highest BCUT2D eigenvalue weighted by Gasteiger charge is 2.37. The lowest BCUT2D eigenvalue weighted by Crippen LogP contribution is -2.56. The van der Waals surface area contributed by atoms with Crippen molar-refractivity contribution in [2.24, 2.45) is 0 Å². The molecule has 1 aromatic rings. The maximum absolute atomic E-state index is 11.2. The van der Waals surface area contributed by atoms with Crippen LogP contribution in [0.2, 0.25) is 0 Å². The summed E-state index contributed by atoms with van der Waals surface area (Å²) in [7, 11) is -4.24. The third-order valence-electron chi connectivity index (χ3n) is 5.21. The molecular weight excluding hydrogens is 344 g/mol. The van der Waals surface area contributed by atoms with Crippen LogP contribution >= 0.6 is 0 Å². The topological polar surface area (TPSA) is 88.1 Å². The molecule has 1 unspecified atom stereocenters. The molecule has 25 heavy (non-hydrogen) atoms. The first-order valence-electron chi connectivity index (χ1n) is 8.57. The molecule has 0 saturated carbocycles. The Bertz CT molecular complexity index is 714. The molecule has 0 bridgehead atoms. The lowest BCUT2D eigenvalue weighted by Gasteiger charge is -2.44. The number of morpholine rings is 1. The summed E-state index contributed by atoms with van der Waals surface area (Å²) in [6.45, 7) is 7.76. The number of nitrogens with zero attached hydrogens (tertiary/aromatic N) is 1. The van der Waals surface area contributed by atoms with E-state index in [1.54, 1.807) is 0 Å². The molecule has 0 aliphatic carbocycles. The average molecular weight is 370 g/mol. The number of rotatable bonds is 6. The van der Waals surface area contributed by atoms with Gasteiger partial charge in [-0.25, -0.2) is 0 Å². The number of fused-ring (bicyclic) bond motifs is 1. The van der Waals surface area contributed by atoms with Crippen LogP contribution in [0, 0.1) is 0 Å². The van der Waals surface area contributed by atoms with Crippen LogP contribution in [0.25, 0.3) is 0 Å². The quantitative estimate of drug-likeness (QED) is 0.726. The van der Waals surface area contributed by atoms with Crippen LogP contribution in [0.5, 0.6) is 5.75 Å². The van der Waals surface area contributed by atoms with Gasteiger partial charge in [0.25, 0.3) is 0 Å². The Kier molecular flexibility index (Phi) is 5.36. The van der Waals surface area contributed by atoms with Gasteiger partial charge >= 0.3 is 10.3 Å². The Labute approximate surface area is 149 Å². The zero-order valence-corrected chi connectivity index (χ0v) is 15.5. The summed E-state index contributed by atoms with van der Waals surface area (Å²) in [5.74, 6) is 0.929. The summed E-state index contributed by atoms with van der Waals surface area (Å²) in [4.78, 5) is 2.23. The van der Waals surface area contributed by atoms with E-state index in [0.29, 0.717) is 19.8 Å². The molecule has 8 heteroatoms. The second-order valence-electron chi connectivity index (χ2n) is 7.13. The Morgan fingerprint density at radius 1 is 1.28 bits per heavy atom. The maximum atomic E-state index is 11.2. The van der Waals surface area contributed by atoms with Gasteiger partial charge in [0.05, 0.1) is 19.8 Å². The first-order chi connectivity index (χ1) is 11.8. The SMILES string of the molecule is CC(C)(c1ccc2c(c1)CCO2)C(CNS(=O)(=O)O)N1CCOCC1. The molecular formula is C17H26N2O5S. The fraction of sp³-hybridized carbons (Fsp3) is 0.647. The van der Waals surface area contributed by atoms with Crippen LogP contribution in [0.3, 0.4) is 0 Å². The highest BCUT2D eigenvalue weighted by molar-refractivity contribution is 7.83. The van der Waals surface area contributed by atoms with Crippen LogP contribution in [0.4, 0.5) is 0 Å². The molecule has 1 fully saturated rings. The van der Waals surface area contributed by atoms with Crippen LogP contribution in [0.1, 0.15) is 25.0 Å². The van der Waals surface area contributed by atoms with E-state index in [9.17, 15) is 8.42 Å². The van der Waals surface area contributed by atoms with Crippen molar-refractivity contribution in [3.63, 3.8) is 0 Å². The smallest absolute Gasteiger partial charge is 0.333 e. The zero-order valence-electron chi connectivity index (χ0n) is 14.7. The summed E-state index contributed by atoms with van der Waals surface area (Å²) >= 11 is 0. The van der Waals surface area contributed by atoms with Gasteiger partial charge in [0, 0.05) is 37.5 Å². The van der Waals surface area contributed by atoms with Crippen molar-refractivity contribution in [2.75, 3.05) is 39.5 Å². The number of hydrogen-bond acceptors (Lipinski definition) is 5. The number of benzene rings is 1. The first kappa shape index (κ1) is 18.6. The largest absolute Gasteiger partial charge is 0.493 e. The van der Waals surface area contributed by atoms with Crippen molar-refractivity contribution < 1.29 is 22.4 Å². The monoisotopic (exact) mass is 370 g/mol. The normalized spacial score (nSPS) is 20.1. The zero-order chi connectivity index (χ0) is 18.1. The Morgan fingerprint density at radius 2 is 2.00 bits per heavy atom.